The van der Waals surface area contributed by atoms with Gasteiger partial charge in [0.1, 0.15) is 22.5 Å². The molecular weight excluding hydrogens is 346 g/mol. The summed E-state index contributed by atoms with van der Waals surface area (Å²) in [5.74, 6) is 0.378. The van der Waals surface area contributed by atoms with Crippen molar-refractivity contribution < 1.29 is 9.90 Å². The molecule has 2 N–H and O–H groups in total. The number of hydrogen-bond donors (Lipinski definition) is 2. The van der Waals surface area contributed by atoms with Crippen molar-refractivity contribution in [3.05, 3.63) is 52.7 Å². The van der Waals surface area contributed by atoms with E-state index in [9.17, 15) is 9.90 Å². The van der Waals surface area contributed by atoms with Gasteiger partial charge in [-0.25, -0.2) is 14.8 Å². The SMILES string of the molecule is CCc1cc2c(NC(C(=O)O)C(C)C)nc(Cc3ccccc3)nc2s1. The molecule has 0 aliphatic rings. The Morgan fingerprint density at radius 1 is 1.23 bits per heavy atom. The second-order valence-corrected chi connectivity index (χ2v) is 7.76. The molecule has 26 heavy (non-hydrogen) atoms. The predicted molar refractivity (Wildman–Crippen MR) is 106 cm³/mol. The predicted octanol–water partition coefficient (Wildman–Crippen LogP) is 4.37. The van der Waals surface area contributed by atoms with Crippen LogP contribution < -0.4 is 5.32 Å². The first kappa shape index (κ1) is 18.3. The van der Waals surface area contributed by atoms with Crippen molar-refractivity contribution in [2.75, 3.05) is 5.32 Å². The van der Waals surface area contributed by atoms with Crippen molar-refractivity contribution in [2.45, 2.75) is 39.7 Å². The van der Waals surface area contributed by atoms with Gasteiger partial charge in [0.25, 0.3) is 0 Å². The van der Waals surface area contributed by atoms with Crippen LogP contribution in [0, 0.1) is 5.92 Å². The summed E-state index contributed by atoms with van der Waals surface area (Å²) >= 11 is 1.64. The zero-order valence-corrected chi connectivity index (χ0v) is 16.0. The van der Waals surface area contributed by atoms with Gasteiger partial charge in [-0.3, -0.25) is 0 Å². The molecule has 2 heterocycles. The molecule has 0 amide bonds. The standard InChI is InChI=1S/C20H23N3O2S/c1-4-14-11-15-18(23-17(12(2)3)20(24)25)21-16(22-19(15)26-14)10-13-8-6-5-7-9-13/h5-9,11-12,17H,4,10H2,1-3H3,(H,24,25)(H,21,22,23). The maximum atomic E-state index is 11.6. The molecule has 3 rings (SSSR count). The number of rotatable bonds is 7. The summed E-state index contributed by atoms with van der Waals surface area (Å²) in [5.41, 5.74) is 1.13. The Labute approximate surface area is 157 Å². The van der Waals surface area contributed by atoms with Crippen LogP contribution in [-0.4, -0.2) is 27.1 Å². The van der Waals surface area contributed by atoms with E-state index in [-0.39, 0.29) is 5.92 Å². The number of aliphatic carboxylic acids is 1. The first-order valence-electron chi connectivity index (χ1n) is 8.80. The fraction of sp³-hybridized carbons (Fsp3) is 0.350. The van der Waals surface area contributed by atoms with E-state index in [0.29, 0.717) is 18.1 Å². The van der Waals surface area contributed by atoms with E-state index in [1.807, 2.05) is 44.2 Å². The highest BCUT2D eigenvalue weighted by molar-refractivity contribution is 7.18. The zero-order valence-electron chi connectivity index (χ0n) is 15.2. The van der Waals surface area contributed by atoms with Crippen molar-refractivity contribution >= 4 is 33.3 Å². The first-order chi connectivity index (χ1) is 12.5. The molecule has 0 aliphatic heterocycles. The number of carbonyl (C=O) groups is 1. The van der Waals surface area contributed by atoms with Crippen LogP contribution >= 0.6 is 11.3 Å². The van der Waals surface area contributed by atoms with E-state index in [1.54, 1.807) is 11.3 Å². The lowest BCUT2D eigenvalue weighted by Crippen LogP contribution is -2.34. The number of hydrogen-bond acceptors (Lipinski definition) is 5. The van der Waals surface area contributed by atoms with Gasteiger partial charge >= 0.3 is 5.97 Å². The van der Waals surface area contributed by atoms with E-state index in [4.69, 9.17) is 4.98 Å². The van der Waals surface area contributed by atoms with Crippen LogP contribution in [0.5, 0.6) is 0 Å². The molecule has 1 unspecified atom stereocenters. The van der Waals surface area contributed by atoms with Gasteiger partial charge in [0.05, 0.1) is 5.39 Å². The topological polar surface area (TPSA) is 75.1 Å². The molecule has 136 valence electrons. The van der Waals surface area contributed by atoms with Crippen molar-refractivity contribution in [1.29, 1.82) is 0 Å². The van der Waals surface area contributed by atoms with Crippen LogP contribution in [-0.2, 0) is 17.6 Å². The van der Waals surface area contributed by atoms with Crippen molar-refractivity contribution in [2.24, 2.45) is 5.92 Å². The Kier molecular flexibility index (Phi) is 5.52. The minimum absolute atomic E-state index is 0.0561. The van der Waals surface area contributed by atoms with E-state index in [1.165, 1.54) is 4.88 Å². The summed E-state index contributed by atoms with van der Waals surface area (Å²) in [4.78, 5) is 23.1. The third-order valence-corrected chi connectivity index (χ3v) is 5.44. The van der Waals surface area contributed by atoms with Gasteiger partial charge in [-0.15, -0.1) is 11.3 Å². The van der Waals surface area contributed by atoms with Crippen LogP contribution in [0.4, 0.5) is 5.82 Å². The fourth-order valence-corrected chi connectivity index (χ4v) is 3.80. The van der Waals surface area contributed by atoms with E-state index >= 15 is 0 Å². The first-order valence-corrected chi connectivity index (χ1v) is 9.62. The number of aryl methyl sites for hydroxylation is 1. The minimum atomic E-state index is -0.873. The summed E-state index contributed by atoms with van der Waals surface area (Å²) in [6.45, 7) is 5.88. The van der Waals surface area contributed by atoms with Crippen LogP contribution in [0.2, 0.25) is 0 Å². The number of benzene rings is 1. The number of nitrogens with one attached hydrogen (secondary N) is 1. The maximum Gasteiger partial charge on any atom is 0.326 e. The molecule has 0 spiro atoms. The molecule has 0 saturated carbocycles. The van der Waals surface area contributed by atoms with E-state index in [0.717, 1.165) is 22.2 Å². The van der Waals surface area contributed by atoms with Crippen LogP contribution in [0.1, 0.15) is 37.0 Å². The third-order valence-electron chi connectivity index (χ3n) is 4.27. The summed E-state index contributed by atoms with van der Waals surface area (Å²) in [6, 6.07) is 11.4. The molecule has 0 bridgehead atoms. The number of carboxylic acids is 1. The average Bonchev–Trinajstić information content (AvgIpc) is 3.03. The summed E-state index contributed by atoms with van der Waals surface area (Å²) in [7, 11) is 0. The van der Waals surface area contributed by atoms with Crippen molar-refractivity contribution in [3.63, 3.8) is 0 Å². The summed E-state index contributed by atoms with van der Waals surface area (Å²) in [5, 5.41) is 13.6. The number of anilines is 1. The lowest BCUT2D eigenvalue weighted by molar-refractivity contribution is -0.138. The second kappa shape index (κ2) is 7.83. The number of carboxylic acid groups (broad SMARTS) is 1. The highest BCUT2D eigenvalue weighted by atomic mass is 32.1. The summed E-state index contributed by atoms with van der Waals surface area (Å²) in [6.07, 6.45) is 1.53. The Hall–Kier alpha value is -2.47. The molecule has 3 aromatic rings. The molecule has 0 aliphatic carbocycles. The van der Waals surface area contributed by atoms with Crippen LogP contribution in [0.15, 0.2) is 36.4 Å². The normalized spacial score (nSPS) is 12.5. The lowest BCUT2D eigenvalue weighted by Gasteiger charge is -2.19. The molecule has 6 heteroatoms. The average molecular weight is 369 g/mol. The van der Waals surface area contributed by atoms with Gasteiger partial charge in [-0.05, 0) is 24.0 Å². The monoisotopic (exact) mass is 369 g/mol. The van der Waals surface area contributed by atoms with Gasteiger partial charge in [-0.1, -0.05) is 51.1 Å². The smallest absolute Gasteiger partial charge is 0.326 e. The highest BCUT2D eigenvalue weighted by Gasteiger charge is 2.23. The van der Waals surface area contributed by atoms with Gasteiger partial charge in [0.2, 0.25) is 0 Å². The third kappa shape index (κ3) is 4.02. The Morgan fingerprint density at radius 3 is 2.58 bits per heavy atom. The second-order valence-electron chi connectivity index (χ2n) is 6.64. The van der Waals surface area contributed by atoms with E-state index in [2.05, 4.69) is 23.3 Å². The van der Waals surface area contributed by atoms with Gasteiger partial charge in [-0.2, -0.15) is 0 Å². The molecule has 1 aromatic carbocycles. The molecule has 2 aromatic heterocycles. The maximum absolute atomic E-state index is 11.6. The molecule has 1 atom stereocenters. The van der Waals surface area contributed by atoms with Gasteiger partial charge in [0, 0.05) is 11.3 Å². The number of aromatic nitrogens is 2. The van der Waals surface area contributed by atoms with Crippen molar-refractivity contribution in [1.82, 2.24) is 9.97 Å². The lowest BCUT2D eigenvalue weighted by atomic mass is 10.0. The van der Waals surface area contributed by atoms with Crippen molar-refractivity contribution in [3.8, 4) is 0 Å². The van der Waals surface area contributed by atoms with E-state index < -0.39 is 12.0 Å². The van der Waals surface area contributed by atoms with Gasteiger partial charge in [0.15, 0.2) is 0 Å². The molecule has 0 radical (unpaired) electrons. The summed E-state index contributed by atoms with van der Waals surface area (Å²) < 4.78 is 0. The zero-order chi connectivity index (χ0) is 18.7. The Morgan fingerprint density at radius 2 is 1.96 bits per heavy atom. The minimum Gasteiger partial charge on any atom is -0.480 e. The number of thiophene rings is 1. The van der Waals surface area contributed by atoms with Crippen LogP contribution in [0.25, 0.3) is 10.2 Å². The van der Waals surface area contributed by atoms with Crippen LogP contribution in [0.3, 0.4) is 0 Å². The fourth-order valence-electron chi connectivity index (χ4n) is 2.82. The quantitative estimate of drug-likeness (QED) is 0.647. The Bertz CT molecular complexity index is 906. The molecule has 0 saturated heterocycles. The molecular formula is C20H23N3O2S. The molecule has 5 nitrogen and oxygen atoms in total. The largest absolute Gasteiger partial charge is 0.480 e. The number of fused-ring (bicyclic) bond motifs is 1. The molecule has 0 fully saturated rings. The number of nitrogens with zero attached hydrogens (tertiary/aromatic N) is 2. The van der Waals surface area contributed by atoms with Gasteiger partial charge < -0.3 is 10.4 Å². The highest BCUT2D eigenvalue weighted by Crippen LogP contribution is 2.30. The Balaban J connectivity index is 2.03.